The van der Waals surface area contributed by atoms with Gasteiger partial charge in [-0.05, 0) is 42.8 Å². The summed E-state index contributed by atoms with van der Waals surface area (Å²) in [6.07, 6.45) is -3.53. The quantitative estimate of drug-likeness (QED) is 0.274. The molecule has 1 saturated heterocycles. The standard InChI is InChI=1S/C24H23ClF3N9O3/c25-15-5-3-14(4-6-15)22-34-36(23(40)35(22)11-18(38)24(26,27)28)12-19-31-13-37(33-19)17-2-1-9-29-21(17)30-10-16-7-8-20(39)32-16/h1-6,9,13,16,18,38H,7-8,10-12H2,(H,29,30)(H,32,39)/t16?,18-/m0/s1. The number of benzene rings is 1. The van der Waals surface area contributed by atoms with Gasteiger partial charge >= 0.3 is 11.9 Å². The van der Waals surface area contributed by atoms with Crippen LogP contribution in [0.5, 0.6) is 0 Å². The number of hydrogen-bond acceptors (Lipinski definition) is 8. The van der Waals surface area contributed by atoms with Crippen molar-refractivity contribution < 1.29 is 23.1 Å². The lowest BCUT2D eigenvalue weighted by molar-refractivity contribution is -0.207. The fraction of sp³-hybridized carbons (Fsp3) is 0.333. The molecule has 3 N–H and O–H groups in total. The van der Waals surface area contributed by atoms with E-state index in [2.05, 4.69) is 30.8 Å². The highest BCUT2D eigenvalue weighted by molar-refractivity contribution is 6.30. The van der Waals surface area contributed by atoms with Crippen LogP contribution in [0.15, 0.2) is 53.7 Å². The van der Waals surface area contributed by atoms with E-state index in [1.807, 2.05) is 0 Å². The van der Waals surface area contributed by atoms with Gasteiger partial charge in [0.05, 0.1) is 6.54 Å². The first-order valence-corrected chi connectivity index (χ1v) is 12.5. The molecule has 0 saturated carbocycles. The van der Waals surface area contributed by atoms with E-state index in [0.29, 0.717) is 41.5 Å². The van der Waals surface area contributed by atoms with Crippen LogP contribution in [-0.4, -0.2) is 70.0 Å². The minimum Gasteiger partial charge on any atom is -0.382 e. The fourth-order valence-corrected chi connectivity index (χ4v) is 4.31. The summed E-state index contributed by atoms with van der Waals surface area (Å²) in [6.45, 7) is -0.839. The second-order valence-electron chi connectivity index (χ2n) is 9.10. The molecule has 1 fully saturated rings. The zero-order valence-corrected chi connectivity index (χ0v) is 21.5. The van der Waals surface area contributed by atoms with Gasteiger partial charge in [-0.1, -0.05) is 11.6 Å². The van der Waals surface area contributed by atoms with Gasteiger partial charge in [0, 0.05) is 35.8 Å². The number of carbonyl (C=O) groups excluding carboxylic acids is 1. The smallest absolute Gasteiger partial charge is 0.382 e. The summed E-state index contributed by atoms with van der Waals surface area (Å²) in [7, 11) is 0. The predicted octanol–water partition coefficient (Wildman–Crippen LogP) is 2.00. The van der Waals surface area contributed by atoms with Crippen LogP contribution in [0.3, 0.4) is 0 Å². The molecule has 4 aromatic rings. The van der Waals surface area contributed by atoms with Crippen molar-refractivity contribution in [3.05, 3.63) is 70.3 Å². The van der Waals surface area contributed by atoms with Crippen LogP contribution in [0, 0.1) is 0 Å². The molecule has 1 amide bonds. The van der Waals surface area contributed by atoms with Crippen molar-refractivity contribution in [2.45, 2.75) is 44.3 Å². The Morgan fingerprint density at radius 1 is 1.15 bits per heavy atom. The van der Waals surface area contributed by atoms with Gasteiger partial charge in [0.25, 0.3) is 0 Å². The number of anilines is 1. The molecule has 0 bridgehead atoms. The molecular formula is C24H23ClF3N9O3. The number of rotatable bonds is 9. The summed E-state index contributed by atoms with van der Waals surface area (Å²) >= 11 is 5.92. The number of hydrogen-bond donors (Lipinski definition) is 3. The minimum absolute atomic E-state index is 0.00113. The number of carbonyl (C=O) groups is 1. The van der Waals surface area contributed by atoms with E-state index in [-0.39, 0.29) is 30.1 Å². The Bertz CT molecular complexity index is 1570. The van der Waals surface area contributed by atoms with Crippen LogP contribution >= 0.6 is 11.6 Å². The number of aliphatic hydroxyl groups excluding tert-OH is 1. The van der Waals surface area contributed by atoms with Crippen LogP contribution in [0.4, 0.5) is 19.0 Å². The van der Waals surface area contributed by atoms with E-state index < -0.39 is 24.5 Å². The highest BCUT2D eigenvalue weighted by Gasteiger charge is 2.39. The third-order valence-electron chi connectivity index (χ3n) is 6.22. The number of nitrogens with one attached hydrogen (secondary N) is 2. The number of halogens is 4. The molecule has 3 aromatic heterocycles. The number of pyridine rings is 1. The van der Waals surface area contributed by atoms with Crippen LogP contribution in [-0.2, 0) is 17.9 Å². The number of nitrogens with zero attached hydrogens (tertiary/aromatic N) is 7. The summed E-state index contributed by atoms with van der Waals surface area (Å²) in [5.41, 5.74) is 0.00295. The molecule has 210 valence electrons. The van der Waals surface area contributed by atoms with Crippen molar-refractivity contribution in [3.8, 4) is 17.1 Å². The zero-order chi connectivity index (χ0) is 28.4. The zero-order valence-electron chi connectivity index (χ0n) is 20.7. The van der Waals surface area contributed by atoms with Gasteiger partial charge < -0.3 is 15.7 Å². The van der Waals surface area contributed by atoms with Crippen molar-refractivity contribution in [3.63, 3.8) is 0 Å². The van der Waals surface area contributed by atoms with Crippen molar-refractivity contribution in [1.82, 2.24) is 39.4 Å². The number of aliphatic hydroxyl groups is 1. The topological polar surface area (TPSA) is 145 Å². The lowest BCUT2D eigenvalue weighted by atomic mass is 10.2. The first-order chi connectivity index (χ1) is 19.1. The van der Waals surface area contributed by atoms with Crippen LogP contribution in [0.25, 0.3) is 17.1 Å². The number of alkyl halides is 3. The molecule has 2 atom stereocenters. The number of amides is 1. The van der Waals surface area contributed by atoms with Gasteiger partial charge in [-0.15, -0.1) is 10.2 Å². The Kier molecular flexibility index (Phi) is 7.58. The van der Waals surface area contributed by atoms with Crippen molar-refractivity contribution in [1.29, 1.82) is 0 Å². The molecule has 40 heavy (non-hydrogen) atoms. The van der Waals surface area contributed by atoms with Crippen LogP contribution in [0.1, 0.15) is 18.7 Å². The van der Waals surface area contributed by atoms with Crippen LogP contribution in [0.2, 0.25) is 5.02 Å². The lowest BCUT2D eigenvalue weighted by Gasteiger charge is -2.15. The monoisotopic (exact) mass is 577 g/mol. The fourth-order valence-electron chi connectivity index (χ4n) is 4.19. The Morgan fingerprint density at radius 3 is 2.62 bits per heavy atom. The Balaban J connectivity index is 1.40. The second kappa shape index (κ2) is 11.1. The summed E-state index contributed by atoms with van der Waals surface area (Å²) < 4.78 is 42.4. The average Bonchev–Trinajstić information content (AvgIpc) is 3.63. The maximum Gasteiger partial charge on any atom is 0.416 e. The number of aromatic nitrogens is 7. The molecule has 1 aliphatic rings. The summed E-state index contributed by atoms with van der Waals surface area (Å²) in [5, 5.41) is 24.7. The highest BCUT2D eigenvalue weighted by atomic mass is 35.5. The molecule has 4 heterocycles. The molecule has 0 aliphatic carbocycles. The van der Waals surface area contributed by atoms with Gasteiger partial charge in [-0.25, -0.2) is 24.1 Å². The largest absolute Gasteiger partial charge is 0.416 e. The van der Waals surface area contributed by atoms with E-state index >= 15 is 0 Å². The Hall–Kier alpha value is -4.24. The molecular weight excluding hydrogens is 555 g/mol. The SMILES string of the molecule is O=C1CCC(CNc2ncccc2-n2cnc(Cn3nc(-c4ccc(Cl)cc4)n(C[C@H](O)C(F)(F)F)c3=O)n2)N1. The third-order valence-corrected chi connectivity index (χ3v) is 6.48. The maximum absolute atomic E-state index is 13.1. The summed E-state index contributed by atoms with van der Waals surface area (Å²) in [5.74, 6) is 0.567. The van der Waals surface area contributed by atoms with Crippen molar-refractivity contribution in [2.24, 2.45) is 0 Å². The maximum atomic E-state index is 13.1. The van der Waals surface area contributed by atoms with Crippen molar-refractivity contribution in [2.75, 3.05) is 11.9 Å². The van der Waals surface area contributed by atoms with E-state index in [9.17, 15) is 27.9 Å². The minimum atomic E-state index is -4.93. The van der Waals surface area contributed by atoms with Crippen molar-refractivity contribution >= 4 is 23.3 Å². The molecule has 0 spiro atoms. The van der Waals surface area contributed by atoms with Crippen LogP contribution < -0.4 is 16.3 Å². The summed E-state index contributed by atoms with van der Waals surface area (Å²) in [4.78, 5) is 33.1. The van der Waals surface area contributed by atoms with Gasteiger partial charge in [0.2, 0.25) is 5.91 Å². The first kappa shape index (κ1) is 27.3. The highest BCUT2D eigenvalue weighted by Crippen LogP contribution is 2.24. The molecule has 5 rings (SSSR count). The molecule has 1 aromatic carbocycles. The molecule has 1 aliphatic heterocycles. The summed E-state index contributed by atoms with van der Waals surface area (Å²) in [6, 6.07) is 9.45. The van der Waals surface area contributed by atoms with E-state index in [1.165, 1.54) is 35.3 Å². The van der Waals surface area contributed by atoms with E-state index in [1.54, 1.807) is 18.3 Å². The Morgan fingerprint density at radius 2 is 1.93 bits per heavy atom. The third kappa shape index (κ3) is 5.99. The van der Waals surface area contributed by atoms with Gasteiger partial charge in [-0.2, -0.15) is 13.2 Å². The van der Waals surface area contributed by atoms with Gasteiger partial charge in [-0.3, -0.25) is 9.36 Å². The average molecular weight is 578 g/mol. The van der Waals surface area contributed by atoms with Gasteiger partial charge in [0.1, 0.15) is 18.6 Å². The predicted molar refractivity (Wildman–Crippen MR) is 137 cm³/mol. The molecule has 0 radical (unpaired) electrons. The van der Waals surface area contributed by atoms with Gasteiger partial charge in [0.15, 0.2) is 23.6 Å². The Labute approximate surface area is 229 Å². The molecule has 16 heteroatoms. The molecule has 1 unspecified atom stereocenters. The molecule has 12 nitrogen and oxygen atoms in total. The van der Waals surface area contributed by atoms with E-state index in [0.717, 1.165) is 9.25 Å². The first-order valence-electron chi connectivity index (χ1n) is 12.2. The normalized spacial score (nSPS) is 16.2. The van der Waals surface area contributed by atoms with E-state index in [4.69, 9.17) is 11.6 Å². The lowest BCUT2D eigenvalue weighted by Crippen LogP contribution is -2.37. The second-order valence-corrected chi connectivity index (χ2v) is 9.54.